The first kappa shape index (κ1) is 35.2. The molecule has 0 radical (unpaired) electrons. The fourth-order valence-corrected chi connectivity index (χ4v) is 5.47. The van der Waals surface area contributed by atoms with Gasteiger partial charge in [-0.15, -0.1) is 0 Å². The zero-order valence-electron chi connectivity index (χ0n) is 27.6. The lowest BCUT2D eigenvalue weighted by atomic mass is 9.88. The summed E-state index contributed by atoms with van der Waals surface area (Å²) in [5.74, 6) is -1.38. The maximum atomic E-state index is 14.5. The van der Waals surface area contributed by atoms with Crippen molar-refractivity contribution in [2.45, 2.75) is 37.9 Å². The molecule has 0 bridgehead atoms. The minimum atomic E-state index is -2.00. The highest BCUT2D eigenvalue weighted by atomic mass is 16.6. The van der Waals surface area contributed by atoms with Gasteiger partial charge in [0.25, 0.3) is 5.91 Å². The van der Waals surface area contributed by atoms with Crippen molar-refractivity contribution in [3.8, 4) is 11.5 Å². The molecule has 13 nitrogen and oxygen atoms in total. The summed E-state index contributed by atoms with van der Waals surface area (Å²) in [6, 6.07) is 28.2. The number of nitrogens with zero attached hydrogens (tertiary/aromatic N) is 3. The molecule has 1 aliphatic heterocycles. The number of carbonyl (C=O) groups excluding carboxylic acids is 3. The van der Waals surface area contributed by atoms with Gasteiger partial charge in [0, 0.05) is 23.5 Å². The Bertz CT molecular complexity index is 1850. The van der Waals surface area contributed by atoms with Crippen LogP contribution >= 0.6 is 0 Å². The van der Waals surface area contributed by atoms with Crippen LogP contribution in [0.25, 0.3) is 0 Å². The molecule has 13 heteroatoms. The van der Waals surface area contributed by atoms with Crippen molar-refractivity contribution in [1.82, 2.24) is 10.5 Å². The zero-order chi connectivity index (χ0) is 35.5. The van der Waals surface area contributed by atoms with Crippen LogP contribution in [-0.4, -0.2) is 65.7 Å². The highest BCUT2D eigenvalue weighted by Crippen LogP contribution is 2.30. The van der Waals surface area contributed by atoms with Gasteiger partial charge in [-0.3, -0.25) is 19.7 Å². The fraction of sp³-hybridized carbons (Fsp3) is 0.243. The Morgan fingerprint density at radius 3 is 2.30 bits per heavy atom. The standard InChI is InChI=1S/C37H37N5O8/c1-3-49-36(45)37(25-38-40-41(37)23-27-18-21-29(48-2)22-19-27)34(43)30-13-7-9-15-32(30)39-35(44)31-14-8-10-16-33(31)50-24-28(42(46)47)20-17-26-11-5-4-6-12-26/h4-16,18-19,21-22,25,28,40H,3,17,20,23-24H2,1-2H3,(H,39,44). The minimum absolute atomic E-state index is 0.0107. The van der Waals surface area contributed by atoms with Gasteiger partial charge in [0.15, 0.2) is 6.61 Å². The first-order valence-electron chi connectivity index (χ1n) is 16.0. The summed E-state index contributed by atoms with van der Waals surface area (Å²) in [6.07, 6.45) is 1.94. The number of hydrazone groups is 1. The van der Waals surface area contributed by atoms with Gasteiger partial charge in [0.05, 0.1) is 31.2 Å². The van der Waals surface area contributed by atoms with Gasteiger partial charge < -0.3 is 19.5 Å². The molecule has 2 atom stereocenters. The first-order valence-corrected chi connectivity index (χ1v) is 16.0. The Morgan fingerprint density at radius 1 is 0.920 bits per heavy atom. The number of hydrazine groups is 1. The molecule has 0 saturated carbocycles. The number of anilines is 1. The number of ether oxygens (including phenoxy) is 3. The first-order chi connectivity index (χ1) is 24.3. The van der Waals surface area contributed by atoms with E-state index in [1.165, 1.54) is 29.4 Å². The second-order valence-corrected chi connectivity index (χ2v) is 11.4. The number of benzene rings is 4. The molecule has 0 aromatic heterocycles. The third kappa shape index (κ3) is 7.96. The maximum Gasteiger partial charge on any atom is 0.342 e. The van der Waals surface area contributed by atoms with E-state index in [-0.39, 0.29) is 53.7 Å². The lowest BCUT2D eigenvalue weighted by molar-refractivity contribution is -0.525. The largest absolute Gasteiger partial charge is 0.497 e. The third-order valence-electron chi connectivity index (χ3n) is 8.18. The van der Waals surface area contributed by atoms with Crippen molar-refractivity contribution < 1.29 is 33.5 Å². The highest BCUT2D eigenvalue weighted by Gasteiger charge is 2.55. The van der Waals surface area contributed by atoms with Crippen molar-refractivity contribution in [3.05, 3.63) is 135 Å². The molecule has 2 unspecified atom stereocenters. The Hall–Kier alpha value is -6.08. The van der Waals surface area contributed by atoms with E-state index in [1.54, 1.807) is 68.6 Å². The fourth-order valence-electron chi connectivity index (χ4n) is 5.47. The number of hydrogen-bond acceptors (Lipinski definition) is 11. The van der Waals surface area contributed by atoms with Crippen LogP contribution in [0.2, 0.25) is 0 Å². The number of aryl methyl sites for hydroxylation is 1. The number of methoxy groups -OCH3 is 1. The predicted octanol–water partition coefficient (Wildman–Crippen LogP) is 5.10. The lowest BCUT2D eigenvalue weighted by Gasteiger charge is -2.32. The molecule has 258 valence electrons. The molecule has 5 rings (SSSR count). The average Bonchev–Trinajstić information content (AvgIpc) is 3.56. The van der Waals surface area contributed by atoms with Crippen molar-refractivity contribution in [2.75, 3.05) is 25.6 Å². The van der Waals surface area contributed by atoms with E-state index < -0.39 is 29.2 Å². The van der Waals surface area contributed by atoms with Gasteiger partial charge in [0.2, 0.25) is 17.4 Å². The van der Waals surface area contributed by atoms with Crippen LogP contribution in [0.4, 0.5) is 5.69 Å². The van der Waals surface area contributed by atoms with Crippen LogP contribution in [0.3, 0.4) is 0 Å². The Morgan fingerprint density at radius 2 is 1.60 bits per heavy atom. The van der Waals surface area contributed by atoms with Crippen LogP contribution in [0.5, 0.6) is 11.5 Å². The highest BCUT2D eigenvalue weighted by molar-refractivity contribution is 6.30. The van der Waals surface area contributed by atoms with E-state index in [4.69, 9.17) is 14.2 Å². The van der Waals surface area contributed by atoms with E-state index in [0.717, 1.165) is 11.1 Å². The molecule has 1 amide bonds. The number of esters is 1. The molecule has 50 heavy (non-hydrogen) atoms. The zero-order valence-corrected chi connectivity index (χ0v) is 27.6. The van der Waals surface area contributed by atoms with Gasteiger partial charge in [-0.2, -0.15) is 10.1 Å². The summed E-state index contributed by atoms with van der Waals surface area (Å²) in [7, 11) is 1.55. The number of Topliss-reactive ketones (excluding diaryl/α,β-unsaturated/α-hetero) is 1. The number of rotatable bonds is 16. The minimum Gasteiger partial charge on any atom is -0.497 e. The van der Waals surface area contributed by atoms with Crippen LogP contribution in [-0.2, 0) is 22.5 Å². The summed E-state index contributed by atoms with van der Waals surface area (Å²) >= 11 is 0. The normalized spacial score (nSPS) is 15.8. The van der Waals surface area contributed by atoms with E-state index >= 15 is 0 Å². The summed E-state index contributed by atoms with van der Waals surface area (Å²) in [5, 5.41) is 20.1. The van der Waals surface area contributed by atoms with Crippen molar-refractivity contribution in [1.29, 1.82) is 0 Å². The smallest absolute Gasteiger partial charge is 0.342 e. The average molecular weight is 680 g/mol. The second-order valence-electron chi connectivity index (χ2n) is 11.4. The Kier molecular flexibility index (Phi) is 11.5. The number of para-hydroxylation sites is 2. The second kappa shape index (κ2) is 16.3. The van der Waals surface area contributed by atoms with Gasteiger partial charge >= 0.3 is 5.97 Å². The SMILES string of the molecule is CCOC(=O)C1(C(=O)c2ccccc2NC(=O)c2ccccc2OCC(CCc2ccccc2)[N+](=O)[O-])C=NNN1Cc1ccc(OC)cc1. The molecule has 2 N–H and O–H groups in total. The van der Waals surface area contributed by atoms with Gasteiger partial charge in [-0.1, -0.05) is 66.7 Å². The predicted molar refractivity (Wildman–Crippen MR) is 186 cm³/mol. The lowest BCUT2D eigenvalue weighted by Crippen LogP contribution is -2.61. The summed E-state index contributed by atoms with van der Waals surface area (Å²) in [6.45, 7) is 1.48. The molecule has 1 heterocycles. The molecular formula is C37H37N5O8. The van der Waals surface area contributed by atoms with Crippen LogP contribution in [0, 0.1) is 10.1 Å². The van der Waals surface area contributed by atoms with E-state index in [2.05, 4.69) is 16.0 Å². The quantitative estimate of drug-likeness (QED) is 0.0536. The van der Waals surface area contributed by atoms with Crippen LogP contribution in [0.1, 0.15) is 45.2 Å². The monoisotopic (exact) mass is 679 g/mol. The molecule has 4 aromatic carbocycles. The molecule has 0 saturated heterocycles. The van der Waals surface area contributed by atoms with Crippen molar-refractivity contribution in [3.63, 3.8) is 0 Å². The molecule has 4 aromatic rings. The van der Waals surface area contributed by atoms with E-state index in [0.29, 0.717) is 12.2 Å². The number of carbonyl (C=O) groups is 3. The van der Waals surface area contributed by atoms with Gasteiger partial charge in [-0.25, -0.2) is 10.3 Å². The molecule has 0 aliphatic carbocycles. The summed E-state index contributed by atoms with van der Waals surface area (Å²) in [4.78, 5) is 53.2. The summed E-state index contributed by atoms with van der Waals surface area (Å²) < 4.78 is 16.5. The van der Waals surface area contributed by atoms with Crippen molar-refractivity contribution >= 4 is 29.6 Å². The number of hydrogen-bond donors (Lipinski definition) is 2. The molecule has 1 aliphatic rings. The summed E-state index contributed by atoms with van der Waals surface area (Å²) in [5.41, 5.74) is 2.72. The number of nitro groups is 1. The van der Waals surface area contributed by atoms with Gasteiger partial charge in [0.1, 0.15) is 11.5 Å². The Labute approximate surface area is 289 Å². The van der Waals surface area contributed by atoms with E-state index in [9.17, 15) is 24.5 Å². The Balaban J connectivity index is 1.37. The number of ketones is 1. The third-order valence-corrected chi connectivity index (χ3v) is 8.18. The number of amides is 1. The molecule has 0 fully saturated rings. The molecule has 0 spiro atoms. The van der Waals surface area contributed by atoms with E-state index in [1.807, 2.05) is 30.3 Å². The van der Waals surface area contributed by atoms with Crippen LogP contribution < -0.4 is 20.3 Å². The maximum absolute atomic E-state index is 14.5. The van der Waals surface area contributed by atoms with Crippen molar-refractivity contribution in [2.24, 2.45) is 5.10 Å². The number of nitrogens with one attached hydrogen (secondary N) is 2. The molecular weight excluding hydrogens is 642 g/mol. The topological polar surface area (TPSA) is 162 Å². The van der Waals surface area contributed by atoms with Crippen LogP contribution in [0.15, 0.2) is 108 Å². The van der Waals surface area contributed by atoms with Gasteiger partial charge in [-0.05, 0) is 60.9 Å².